The number of nitrogens with zero attached hydrogens (tertiary/aromatic N) is 1. The summed E-state index contributed by atoms with van der Waals surface area (Å²) in [7, 11) is 1.52. The third-order valence-corrected chi connectivity index (χ3v) is 4.00. The number of aryl methyl sites for hydroxylation is 1. The Bertz CT molecular complexity index is 971. The van der Waals surface area contributed by atoms with Gasteiger partial charge in [0.25, 0.3) is 11.8 Å². The van der Waals surface area contributed by atoms with Crippen LogP contribution in [-0.4, -0.2) is 23.9 Å². The predicted molar refractivity (Wildman–Crippen MR) is 104 cm³/mol. The number of rotatable bonds is 5. The number of nitrogens with one attached hydrogen (secondary N) is 2. The lowest BCUT2D eigenvalue weighted by atomic mass is 10.1. The van der Waals surface area contributed by atoms with Gasteiger partial charge in [-0.1, -0.05) is 24.3 Å². The number of carbonyl (C=O) groups excluding carboxylic acids is 2. The maximum atomic E-state index is 12.7. The van der Waals surface area contributed by atoms with Gasteiger partial charge in [-0.25, -0.2) is 0 Å². The molecule has 0 bridgehead atoms. The Morgan fingerprint density at radius 2 is 1.63 bits per heavy atom. The lowest BCUT2D eigenvalue weighted by Crippen LogP contribution is -2.19. The quantitative estimate of drug-likeness (QED) is 0.722. The lowest BCUT2D eigenvalue weighted by Gasteiger charge is -2.14. The van der Waals surface area contributed by atoms with Gasteiger partial charge < -0.3 is 15.4 Å². The van der Waals surface area contributed by atoms with Gasteiger partial charge in [-0.3, -0.25) is 14.6 Å². The zero-order chi connectivity index (χ0) is 19.2. The first-order valence-electron chi connectivity index (χ1n) is 8.35. The number of aromatic nitrogens is 1. The van der Waals surface area contributed by atoms with Crippen molar-refractivity contribution in [2.24, 2.45) is 0 Å². The summed E-state index contributed by atoms with van der Waals surface area (Å²) in [6.07, 6.45) is 3.18. The van der Waals surface area contributed by atoms with Crippen molar-refractivity contribution in [3.63, 3.8) is 0 Å². The fourth-order valence-electron chi connectivity index (χ4n) is 2.72. The van der Waals surface area contributed by atoms with Crippen LogP contribution in [-0.2, 0) is 0 Å². The second-order valence-corrected chi connectivity index (χ2v) is 5.85. The molecule has 0 atom stereocenters. The Morgan fingerprint density at radius 3 is 2.37 bits per heavy atom. The van der Waals surface area contributed by atoms with E-state index in [0.717, 1.165) is 5.56 Å². The molecule has 1 aromatic heterocycles. The van der Waals surface area contributed by atoms with E-state index < -0.39 is 0 Å². The van der Waals surface area contributed by atoms with Gasteiger partial charge in [-0.2, -0.15) is 0 Å². The second-order valence-electron chi connectivity index (χ2n) is 5.85. The van der Waals surface area contributed by atoms with Crippen molar-refractivity contribution in [3.05, 3.63) is 83.7 Å². The molecule has 0 spiro atoms. The van der Waals surface area contributed by atoms with E-state index in [4.69, 9.17) is 4.74 Å². The third-order valence-electron chi connectivity index (χ3n) is 4.00. The monoisotopic (exact) mass is 361 g/mol. The smallest absolute Gasteiger partial charge is 0.259 e. The van der Waals surface area contributed by atoms with Crippen LogP contribution >= 0.6 is 0 Å². The van der Waals surface area contributed by atoms with Gasteiger partial charge >= 0.3 is 0 Å². The molecule has 3 rings (SSSR count). The van der Waals surface area contributed by atoms with E-state index in [1.165, 1.54) is 7.11 Å². The minimum absolute atomic E-state index is 0.338. The Balaban J connectivity index is 1.85. The molecule has 6 nitrogen and oxygen atoms in total. The molecular weight excluding hydrogens is 342 g/mol. The van der Waals surface area contributed by atoms with Gasteiger partial charge in [0.05, 0.1) is 35.8 Å². The number of amides is 2. The van der Waals surface area contributed by atoms with Crippen LogP contribution < -0.4 is 15.4 Å². The summed E-state index contributed by atoms with van der Waals surface area (Å²) in [4.78, 5) is 29.3. The fraction of sp³-hybridized carbons (Fsp3) is 0.0952. The van der Waals surface area contributed by atoms with Gasteiger partial charge in [0.1, 0.15) is 5.75 Å². The third kappa shape index (κ3) is 4.12. The molecule has 136 valence electrons. The van der Waals surface area contributed by atoms with Crippen LogP contribution in [0.1, 0.15) is 26.3 Å². The van der Waals surface area contributed by atoms with Gasteiger partial charge in [0.15, 0.2) is 0 Å². The van der Waals surface area contributed by atoms with Crippen molar-refractivity contribution in [1.29, 1.82) is 0 Å². The van der Waals surface area contributed by atoms with Gasteiger partial charge in [-0.05, 0) is 42.8 Å². The minimum Gasteiger partial charge on any atom is -0.496 e. The SMILES string of the molecule is COc1c(C)cccc1C(=O)Nc1ccccc1C(=O)Nc1cccnc1. The molecule has 6 heteroatoms. The van der Waals surface area contributed by atoms with Crippen LogP contribution in [0.4, 0.5) is 11.4 Å². The van der Waals surface area contributed by atoms with Crippen LogP contribution in [0.2, 0.25) is 0 Å². The Labute approximate surface area is 157 Å². The molecule has 0 saturated carbocycles. The number of para-hydroxylation sites is 2. The van der Waals surface area contributed by atoms with E-state index in [1.54, 1.807) is 60.9 Å². The molecule has 1 heterocycles. The van der Waals surface area contributed by atoms with Crippen LogP contribution in [0.25, 0.3) is 0 Å². The van der Waals surface area contributed by atoms with E-state index in [0.29, 0.717) is 28.3 Å². The van der Waals surface area contributed by atoms with Gasteiger partial charge in [0, 0.05) is 6.20 Å². The maximum absolute atomic E-state index is 12.7. The van der Waals surface area contributed by atoms with Crippen molar-refractivity contribution in [1.82, 2.24) is 4.98 Å². The summed E-state index contributed by atoms with van der Waals surface area (Å²) >= 11 is 0. The zero-order valence-electron chi connectivity index (χ0n) is 15.0. The van der Waals surface area contributed by atoms with Crippen LogP contribution in [0, 0.1) is 6.92 Å². The number of methoxy groups -OCH3 is 1. The van der Waals surface area contributed by atoms with Gasteiger partial charge in [0.2, 0.25) is 0 Å². The Kier molecular flexibility index (Phi) is 5.47. The van der Waals surface area contributed by atoms with Crippen molar-refractivity contribution < 1.29 is 14.3 Å². The molecule has 3 aromatic rings. The molecule has 0 aliphatic heterocycles. The number of hydrogen-bond donors (Lipinski definition) is 2. The van der Waals surface area contributed by atoms with E-state index in [-0.39, 0.29) is 11.8 Å². The normalized spacial score (nSPS) is 10.1. The molecule has 2 aromatic carbocycles. The highest BCUT2D eigenvalue weighted by Gasteiger charge is 2.17. The highest BCUT2D eigenvalue weighted by molar-refractivity contribution is 6.13. The summed E-state index contributed by atoms with van der Waals surface area (Å²) in [6, 6.07) is 15.6. The van der Waals surface area contributed by atoms with Crippen LogP contribution in [0.15, 0.2) is 67.0 Å². The van der Waals surface area contributed by atoms with Crippen LogP contribution in [0.3, 0.4) is 0 Å². The summed E-state index contributed by atoms with van der Waals surface area (Å²) in [5.41, 5.74) is 2.59. The summed E-state index contributed by atoms with van der Waals surface area (Å²) in [5, 5.41) is 5.57. The summed E-state index contributed by atoms with van der Waals surface area (Å²) in [6.45, 7) is 1.87. The first kappa shape index (κ1) is 18.1. The topological polar surface area (TPSA) is 80.3 Å². The fourth-order valence-corrected chi connectivity index (χ4v) is 2.72. The lowest BCUT2D eigenvalue weighted by molar-refractivity contribution is 0.102. The van der Waals surface area contributed by atoms with Crippen molar-refractivity contribution >= 4 is 23.2 Å². The number of ether oxygens (including phenoxy) is 1. The van der Waals surface area contributed by atoms with E-state index in [2.05, 4.69) is 15.6 Å². The highest BCUT2D eigenvalue weighted by Crippen LogP contribution is 2.25. The van der Waals surface area contributed by atoms with Crippen molar-refractivity contribution in [2.45, 2.75) is 6.92 Å². The standard InChI is InChI=1S/C21H19N3O3/c1-14-7-5-10-17(19(14)27-2)21(26)24-18-11-4-3-9-16(18)20(25)23-15-8-6-12-22-13-15/h3-13H,1-2H3,(H,23,25)(H,24,26). The second kappa shape index (κ2) is 8.14. The largest absolute Gasteiger partial charge is 0.496 e. The molecule has 0 aliphatic carbocycles. The van der Waals surface area contributed by atoms with Crippen LogP contribution in [0.5, 0.6) is 5.75 Å². The first-order valence-corrected chi connectivity index (χ1v) is 8.35. The average molecular weight is 361 g/mol. The number of hydrogen-bond acceptors (Lipinski definition) is 4. The number of anilines is 2. The molecule has 2 N–H and O–H groups in total. The summed E-state index contributed by atoms with van der Waals surface area (Å²) in [5.74, 6) is -0.181. The zero-order valence-corrected chi connectivity index (χ0v) is 15.0. The molecular formula is C21H19N3O3. The minimum atomic E-state index is -0.350. The Hall–Kier alpha value is -3.67. The first-order chi connectivity index (χ1) is 13.1. The van der Waals surface area contributed by atoms with Crippen molar-refractivity contribution in [2.75, 3.05) is 17.7 Å². The van der Waals surface area contributed by atoms with Gasteiger partial charge in [-0.15, -0.1) is 0 Å². The number of pyridine rings is 1. The molecule has 0 aliphatic rings. The average Bonchev–Trinajstić information content (AvgIpc) is 2.69. The highest BCUT2D eigenvalue weighted by atomic mass is 16.5. The van der Waals surface area contributed by atoms with E-state index in [1.807, 2.05) is 13.0 Å². The number of benzene rings is 2. The van der Waals surface area contributed by atoms with E-state index >= 15 is 0 Å². The molecule has 0 unspecified atom stereocenters. The number of carbonyl (C=O) groups is 2. The molecule has 0 radical (unpaired) electrons. The maximum Gasteiger partial charge on any atom is 0.259 e. The van der Waals surface area contributed by atoms with E-state index in [9.17, 15) is 9.59 Å². The Morgan fingerprint density at radius 1 is 0.889 bits per heavy atom. The molecule has 0 fully saturated rings. The molecule has 27 heavy (non-hydrogen) atoms. The predicted octanol–water partition coefficient (Wildman–Crippen LogP) is 3.90. The molecule has 0 saturated heterocycles. The van der Waals surface area contributed by atoms with Crippen molar-refractivity contribution in [3.8, 4) is 5.75 Å². The summed E-state index contributed by atoms with van der Waals surface area (Å²) < 4.78 is 5.34. The molecule has 2 amide bonds.